The van der Waals surface area contributed by atoms with Crippen molar-refractivity contribution in [3.63, 3.8) is 0 Å². The molecule has 0 atom stereocenters. The van der Waals surface area contributed by atoms with Crippen molar-refractivity contribution in [1.29, 1.82) is 0 Å². The van der Waals surface area contributed by atoms with Crippen LogP contribution in [-0.4, -0.2) is 4.57 Å². The van der Waals surface area contributed by atoms with E-state index in [2.05, 4.69) is 24.5 Å². The third kappa shape index (κ3) is 1.67. The van der Waals surface area contributed by atoms with Crippen molar-refractivity contribution in [3.8, 4) is 0 Å². The molecule has 0 aliphatic heterocycles. The van der Waals surface area contributed by atoms with E-state index in [4.69, 9.17) is 0 Å². The van der Waals surface area contributed by atoms with Crippen LogP contribution >= 0.6 is 0 Å². The number of hydrogen-bond donors (Lipinski definition) is 0. The summed E-state index contributed by atoms with van der Waals surface area (Å²) in [6.07, 6.45) is 0. The van der Waals surface area contributed by atoms with Gasteiger partial charge in [0.25, 0.3) is 0 Å². The molecule has 1 heterocycles. The number of pyridine rings is 1. The number of rotatable bonds is 1. The summed E-state index contributed by atoms with van der Waals surface area (Å²) in [5, 5.41) is 1.60. The summed E-state index contributed by atoms with van der Waals surface area (Å²) in [4.78, 5) is 12.6. The monoisotopic (exact) mass is 251 g/mol. The van der Waals surface area contributed by atoms with Gasteiger partial charge in [0.05, 0.1) is 11.0 Å². The highest BCUT2D eigenvalue weighted by atomic mass is 16.1. The second-order valence-corrected chi connectivity index (χ2v) is 5.30. The molecule has 2 aromatic carbocycles. The Labute approximate surface area is 112 Å². The lowest BCUT2D eigenvalue weighted by Crippen LogP contribution is -2.11. The average Bonchev–Trinajstić information content (AvgIpc) is 2.44. The Morgan fingerprint density at radius 1 is 0.947 bits per heavy atom. The fourth-order valence-electron chi connectivity index (χ4n) is 2.81. The fraction of sp³-hybridized carbons (Fsp3) is 0.235. The molecule has 0 unspecified atom stereocenters. The fourth-order valence-corrected chi connectivity index (χ4v) is 2.81. The van der Waals surface area contributed by atoms with Gasteiger partial charge in [-0.15, -0.1) is 0 Å². The minimum Gasteiger partial charge on any atom is -0.343 e. The summed E-state index contributed by atoms with van der Waals surface area (Å²) in [6.45, 7) is 4.32. The summed E-state index contributed by atoms with van der Waals surface area (Å²) >= 11 is 0. The van der Waals surface area contributed by atoms with E-state index in [1.165, 1.54) is 5.56 Å². The first-order valence-electron chi connectivity index (χ1n) is 6.61. The molecule has 19 heavy (non-hydrogen) atoms. The maximum Gasteiger partial charge on any atom is 0.197 e. The molecule has 3 aromatic rings. The van der Waals surface area contributed by atoms with Gasteiger partial charge >= 0.3 is 0 Å². The van der Waals surface area contributed by atoms with Crippen molar-refractivity contribution in [2.24, 2.45) is 7.05 Å². The van der Waals surface area contributed by atoms with Crippen LogP contribution in [0.1, 0.15) is 25.3 Å². The lowest BCUT2D eigenvalue weighted by molar-refractivity contribution is 0.859. The van der Waals surface area contributed by atoms with Crippen LogP contribution < -0.4 is 5.43 Å². The lowest BCUT2D eigenvalue weighted by atomic mass is 9.98. The van der Waals surface area contributed by atoms with Gasteiger partial charge in [0.2, 0.25) is 0 Å². The van der Waals surface area contributed by atoms with Gasteiger partial charge in [0, 0.05) is 17.8 Å². The third-order valence-corrected chi connectivity index (χ3v) is 3.78. The number of fused-ring (bicyclic) bond motifs is 2. The Morgan fingerprint density at radius 3 is 2.37 bits per heavy atom. The number of aromatic nitrogens is 1. The molecule has 0 bridgehead atoms. The van der Waals surface area contributed by atoms with E-state index in [0.29, 0.717) is 5.92 Å². The molecular formula is C17H17NO. The van der Waals surface area contributed by atoms with Crippen molar-refractivity contribution < 1.29 is 0 Å². The second kappa shape index (κ2) is 4.23. The summed E-state index contributed by atoms with van der Waals surface area (Å²) in [7, 11) is 2.04. The molecule has 96 valence electrons. The predicted octanol–water partition coefficient (Wildman–Crippen LogP) is 3.82. The van der Waals surface area contributed by atoms with Gasteiger partial charge in [-0.05, 0) is 29.7 Å². The Morgan fingerprint density at radius 2 is 1.63 bits per heavy atom. The van der Waals surface area contributed by atoms with Gasteiger partial charge in [0.1, 0.15) is 0 Å². The minimum absolute atomic E-state index is 0.131. The Hall–Kier alpha value is -2.09. The molecule has 0 saturated carbocycles. The van der Waals surface area contributed by atoms with E-state index in [1.54, 1.807) is 0 Å². The largest absolute Gasteiger partial charge is 0.343 e. The standard InChI is InChI=1S/C17H17NO/c1-11(2)12-8-6-9-14-16(12)18(3)15-10-5-4-7-13(15)17(14)19/h4-11H,1-3H3. The van der Waals surface area contributed by atoms with E-state index < -0.39 is 0 Å². The molecule has 3 rings (SSSR count). The maximum absolute atomic E-state index is 12.6. The first-order valence-corrected chi connectivity index (χ1v) is 6.61. The maximum atomic E-state index is 12.6. The molecule has 0 fully saturated rings. The van der Waals surface area contributed by atoms with Gasteiger partial charge in [0.15, 0.2) is 5.43 Å². The van der Waals surface area contributed by atoms with Crippen LogP contribution in [0.15, 0.2) is 47.3 Å². The molecule has 0 amide bonds. The van der Waals surface area contributed by atoms with Crippen LogP contribution in [-0.2, 0) is 7.05 Å². The lowest BCUT2D eigenvalue weighted by Gasteiger charge is -2.16. The molecule has 0 aliphatic carbocycles. The van der Waals surface area contributed by atoms with Crippen molar-refractivity contribution in [2.75, 3.05) is 0 Å². The van der Waals surface area contributed by atoms with E-state index in [-0.39, 0.29) is 5.43 Å². The Kier molecular flexibility index (Phi) is 2.67. The summed E-state index contributed by atoms with van der Waals surface area (Å²) in [5.74, 6) is 0.399. The Bertz CT molecular complexity index is 828. The zero-order valence-corrected chi connectivity index (χ0v) is 11.5. The Balaban J connectivity index is 2.65. The zero-order valence-electron chi connectivity index (χ0n) is 11.5. The van der Waals surface area contributed by atoms with Crippen LogP contribution in [0, 0.1) is 0 Å². The predicted molar refractivity (Wildman–Crippen MR) is 80.8 cm³/mol. The minimum atomic E-state index is 0.131. The number of benzene rings is 2. The van der Waals surface area contributed by atoms with E-state index >= 15 is 0 Å². The van der Waals surface area contributed by atoms with E-state index in [0.717, 1.165) is 21.8 Å². The molecule has 0 aliphatic rings. The average molecular weight is 251 g/mol. The first-order chi connectivity index (χ1) is 9.11. The highest BCUT2D eigenvalue weighted by Crippen LogP contribution is 2.26. The van der Waals surface area contributed by atoms with Gasteiger partial charge in [-0.3, -0.25) is 4.79 Å². The highest BCUT2D eigenvalue weighted by Gasteiger charge is 2.12. The molecule has 0 saturated heterocycles. The van der Waals surface area contributed by atoms with Crippen LogP contribution in [0.4, 0.5) is 0 Å². The smallest absolute Gasteiger partial charge is 0.197 e. The van der Waals surface area contributed by atoms with Crippen molar-refractivity contribution in [1.82, 2.24) is 4.57 Å². The quantitative estimate of drug-likeness (QED) is 0.603. The van der Waals surface area contributed by atoms with Crippen LogP contribution in [0.25, 0.3) is 21.8 Å². The van der Waals surface area contributed by atoms with Gasteiger partial charge < -0.3 is 4.57 Å². The molecule has 0 radical (unpaired) electrons. The van der Waals surface area contributed by atoms with Crippen molar-refractivity contribution in [3.05, 3.63) is 58.3 Å². The SMILES string of the molecule is CC(C)c1cccc2c(=O)c3ccccc3n(C)c12. The molecule has 0 N–H and O–H groups in total. The van der Waals surface area contributed by atoms with Crippen LogP contribution in [0.2, 0.25) is 0 Å². The summed E-state index contributed by atoms with van der Waals surface area (Å²) in [5.41, 5.74) is 3.41. The molecule has 2 heteroatoms. The number of aryl methyl sites for hydroxylation is 1. The molecule has 0 spiro atoms. The van der Waals surface area contributed by atoms with Gasteiger partial charge in [-0.25, -0.2) is 0 Å². The number of hydrogen-bond acceptors (Lipinski definition) is 1. The van der Waals surface area contributed by atoms with Gasteiger partial charge in [-0.2, -0.15) is 0 Å². The molecular weight excluding hydrogens is 234 g/mol. The normalized spacial score (nSPS) is 11.6. The van der Waals surface area contributed by atoms with Crippen LogP contribution in [0.3, 0.4) is 0 Å². The molecule has 2 nitrogen and oxygen atoms in total. The number of para-hydroxylation sites is 2. The van der Waals surface area contributed by atoms with E-state index in [1.807, 2.05) is 43.4 Å². The second-order valence-electron chi connectivity index (χ2n) is 5.30. The third-order valence-electron chi connectivity index (χ3n) is 3.78. The topological polar surface area (TPSA) is 22.0 Å². The van der Waals surface area contributed by atoms with E-state index in [9.17, 15) is 4.79 Å². The summed E-state index contributed by atoms with van der Waals surface area (Å²) < 4.78 is 2.14. The van der Waals surface area contributed by atoms with Crippen molar-refractivity contribution >= 4 is 21.8 Å². The van der Waals surface area contributed by atoms with Crippen molar-refractivity contribution in [2.45, 2.75) is 19.8 Å². The van der Waals surface area contributed by atoms with Gasteiger partial charge in [-0.1, -0.05) is 38.1 Å². The zero-order chi connectivity index (χ0) is 13.6. The highest BCUT2D eigenvalue weighted by molar-refractivity contribution is 5.95. The number of nitrogens with zero attached hydrogens (tertiary/aromatic N) is 1. The first kappa shape index (κ1) is 12.0. The molecule has 1 aromatic heterocycles. The summed E-state index contributed by atoms with van der Waals surface area (Å²) in [6, 6.07) is 13.8. The van der Waals surface area contributed by atoms with Crippen LogP contribution in [0.5, 0.6) is 0 Å².